The van der Waals surface area contributed by atoms with Crippen LogP contribution in [0.1, 0.15) is 21.0 Å². The first-order valence-electron chi connectivity index (χ1n) is 4.57. The van der Waals surface area contributed by atoms with Gasteiger partial charge in [0.1, 0.15) is 12.3 Å². The summed E-state index contributed by atoms with van der Waals surface area (Å²) >= 11 is 3.04. The maximum absolute atomic E-state index is 11.5. The molecule has 0 saturated carbocycles. The molecule has 0 spiro atoms. The molecule has 0 aliphatic carbocycles. The lowest BCUT2D eigenvalue weighted by atomic mass is 10.3. The highest BCUT2D eigenvalue weighted by Crippen LogP contribution is 2.10. The number of hydrogen-bond acceptors (Lipinski definition) is 5. The van der Waals surface area contributed by atoms with Crippen molar-refractivity contribution in [2.24, 2.45) is 0 Å². The van der Waals surface area contributed by atoms with E-state index in [0.717, 1.165) is 0 Å². The molecule has 0 fully saturated rings. The van der Waals surface area contributed by atoms with E-state index in [9.17, 15) is 9.59 Å². The average Bonchev–Trinajstić information content (AvgIpc) is 2.59. The minimum absolute atomic E-state index is 0.000584. The van der Waals surface area contributed by atoms with E-state index in [4.69, 9.17) is 4.74 Å². The summed E-state index contributed by atoms with van der Waals surface area (Å²) in [6.45, 7) is 0.877. The van der Waals surface area contributed by atoms with Crippen LogP contribution in [0, 0.1) is 0 Å². The molecule has 1 rings (SSSR count). The van der Waals surface area contributed by atoms with Gasteiger partial charge >= 0.3 is 5.97 Å². The summed E-state index contributed by atoms with van der Waals surface area (Å²) in [6.07, 6.45) is 0.528. The molecule has 0 saturated heterocycles. The third-order valence-electron chi connectivity index (χ3n) is 1.79. The molecule has 0 amide bonds. The Morgan fingerprint density at radius 2 is 2.31 bits per heavy atom. The Bertz CT molecular complexity index is 389. The Hall–Kier alpha value is -1.21. The molecular formula is C9H12BrN3O3. The molecule has 16 heavy (non-hydrogen) atoms. The first-order valence-corrected chi connectivity index (χ1v) is 5.36. The molecule has 0 aliphatic rings. The highest BCUT2D eigenvalue weighted by atomic mass is 79.9. The number of esters is 1. The molecule has 0 aromatic carbocycles. The van der Waals surface area contributed by atoms with Gasteiger partial charge in [-0.05, 0) is 30.0 Å². The molecule has 1 N–H and O–H groups in total. The van der Waals surface area contributed by atoms with Gasteiger partial charge < -0.3 is 14.6 Å². The number of imidazole rings is 1. The van der Waals surface area contributed by atoms with Crippen molar-refractivity contribution in [1.82, 2.24) is 14.9 Å². The first kappa shape index (κ1) is 12.9. The number of halogens is 1. The number of likely N-dealkylation sites (N-methyl/N-ethyl adjacent to an activating group) is 1. The van der Waals surface area contributed by atoms with E-state index in [1.54, 1.807) is 0 Å². The molecule has 0 bridgehead atoms. The van der Waals surface area contributed by atoms with Crippen molar-refractivity contribution >= 4 is 28.2 Å². The minimum atomic E-state index is -0.606. The summed E-state index contributed by atoms with van der Waals surface area (Å²) in [7, 11) is 3.74. The standard InChI is InChI=1S/C9H12BrN3O3/c1-13(2)3-4-16-8(15)7-6(5-14)11-9(10)12-7/h5H,3-4H2,1-2H3,(H,11,12). The topological polar surface area (TPSA) is 75.3 Å². The van der Waals surface area contributed by atoms with Crippen LogP contribution in [0.2, 0.25) is 0 Å². The largest absolute Gasteiger partial charge is 0.460 e. The quantitative estimate of drug-likeness (QED) is 0.638. The fraction of sp³-hybridized carbons (Fsp3) is 0.444. The van der Waals surface area contributed by atoms with Gasteiger partial charge in [0.25, 0.3) is 0 Å². The molecular weight excluding hydrogens is 278 g/mol. The maximum atomic E-state index is 11.5. The Kier molecular flexibility index (Phi) is 4.63. The predicted octanol–water partition coefficient (Wildman–Crippen LogP) is 0.703. The van der Waals surface area contributed by atoms with Crippen LogP contribution in [0.5, 0.6) is 0 Å². The van der Waals surface area contributed by atoms with E-state index < -0.39 is 5.97 Å². The van der Waals surface area contributed by atoms with Crippen molar-refractivity contribution in [1.29, 1.82) is 0 Å². The van der Waals surface area contributed by atoms with Crippen molar-refractivity contribution in [3.8, 4) is 0 Å². The fourth-order valence-corrected chi connectivity index (χ4v) is 1.38. The lowest BCUT2D eigenvalue weighted by Gasteiger charge is -2.08. The van der Waals surface area contributed by atoms with Crippen LogP contribution < -0.4 is 0 Å². The number of aromatic amines is 1. The predicted molar refractivity (Wildman–Crippen MR) is 60.5 cm³/mol. The molecule has 7 heteroatoms. The number of ether oxygens (including phenoxy) is 1. The van der Waals surface area contributed by atoms with Crippen molar-refractivity contribution in [2.45, 2.75) is 0 Å². The van der Waals surface area contributed by atoms with Crippen LogP contribution in [0.4, 0.5) is 0 Å². The number of nitrogens with one attached hydrogen (secondary N) is 1. The summed E-state index contributed by atoms with van der Waals surface area (Å²) in [4.78, 5) is 30.4. The highest BCUT2D eigenvalue weighted by molar-refractivity contribution is 9.10. The molecule has 88 valence electrons. The SMILES string of the molecule is CN(C)CCOC(=O)c1nc(Br)[nH]c1C=O. The number of aromatic nitrogens is 2. The number of aldehydes is 1. The zero-order valence-corrected chi connectivity index (χ0v) is 10.6. The van der Waals surface area contributed by atoms with E-state index in [2.05, 4.69) is 25.9 Å². The van der Waals surface area contributed by atoms with Crippen molar-refractivity contribution in [3.63, 3.8) is 0 Å². The van der Waals surface area contributed by atoms with Gasteiger partial charge in [-0.25, -0.2) is 9.78 Å². The summed E-state index contributed by atoms with van der Waals surface area (Å²) in [6, 6.07) is 0. The van der Waals surface area contributed by atoms with Crippen molar-refractivity contribution in [3.05, 3.63) is 16.1 Å². The number of nitrogens with zero attached hydrogens (tertiary/aromatic N) is 2. The van der Waals surface area contributed by atoms with Crippen LogP contribution in [0.15, 0.2) is 4.73 Å². The zero-order valence-electron chi connectivity index (χ0n) is 8.99. The number of carbonyl (C=O) groups excluding carboxylic acids is 2. The van der Waals surface area contributed by atoms with Crippen LogP contribution >= 0.6 is 15.9 Å². The van der Waals surface area contributed by atoms with Gasteiger partial charge in [-0.3, -0.25) is 4.79 Å². The van der Waals surface area contributed by atoms with Crippen molar-refractivity contribution < 1.29 is 14.3 Å². The number of carbonyl (C=O) groups is 2. The molecule has 1 aromatic heterocycles. The van der Waals surface area contributed by atoms with E-state index in [1.165, 1.54) is 0 Å². The summed E-state index contributed by atoms with van der Waals surface area (Å²) in [5.41, 5.74) is 0.113. The van der Waals surface area contributed by atoms with Gasteiger partial charge in [0.15, 0.2) is 16.7 Å². The van der Waals surface area contributed by atoms with Gasteiger partial charge in [0, 0.05) is 6.54 Å². The van der Waals surface area contributed by atoms with Crippen LogP contribution in [0.3, 0.4) is 0 Å². The Balaban J connectivity index is 2.62. The Morgan fingerprint density at radius 3 is 2.88 bits per heavy atom. The molecule has 1 heterocycles. The number of rotatable bonds is 5. The second kappa shape index (κ2) is 5.76. The van der Waals surface area contributed by atoms with E-state index >= 15 is 0 Å². The molecule has 0 unspecified atom stereocenters. The van der Waals surface area contributed by atoms with Gasteiger partial charge in [0.2, 0.25) is 0 Å². The Morgan fingerprint density at radius 1 is 1.62 bits per heavy atom. The highest BCUT2D eigenvalue weighted by Gasteiger charge is 2.17. The summed E-state index contributed by atoms with van der Waals surface area (Å²) in [5, 5.41) is 0. The molecule has 6 nitrogen and oxygen atoms in total. The molecule has 1 aromatic rings. The van der Waals surface area contributed by atoms with Gasteiger partial charge in [-0.1, -0.05) is 0 Å². The third-order valence-corrected chi connectivity index (χ3v) is 2.16. The summed E-state index contributed by atoms with van der Waals surface area (Å²) in [5.74, 6) is -0.606. The molecule has 0 atom stereocenters. The monoisotopic (exact) mass is 289 g/mol. The lowest BCUT2D eigenvalue weighted by molar-refractivity contribution is 0.0473. The van der Waals surface area contributed by atoms with Crippen LogP contribution in [-0.2, 0) is 4.74 Å². The fourth-order valence-electron chi connectivity index (χ4n) is 0.987. The average molecular weight is 290 g/mol. The normalized spacial score (nSPS) is 10.5. The van der Waals surface area contributed by atoms with Gasteiger partial charge in [0.05, 0.1) is 0 Å². The van der Waals surface area contributed by atoms with E-state index in [0.29, 0.717) is 17.6 Å². The van der Waals surface area contributed by atoms with E-state index in [1.807, 2.05) is 19.0 Å². The van der Waals surface area contributed by atoms with Gasteiger partial charge in [-0.2, -0.15) is 0 Å². The third kappa shape index (κ3) is 3.42. The zero-order chi connectivity index (χ0) is 12.1. The second-order valence-electron chi connectivity index (χ2n) is 3.35. The number of hydrogen-bond donors (Lipinski definition) is 1. The smallest absolute Gasteiger partial charge is 0.359 e. The first-order chi connectivity index (χ1) is 7.54. The minimum Gasteiger partial charge on any atom is -0.460 e. The lowest BCUT2D eigenvalue weighted by Crippen LogP contribution is -2.20. The second-order valence-corrected chi connectivity index (χ2v) is 4.10. The van der Waals surface area contributed by atoms with Crippen molar-refractivity contribution in [2.75, 3.05) is 27.2 Å². The van der Waals surface area contributed by atoms with Crippen LogP contribution in [-0.4, -0.2) is 54.4 Å². The molecule has 0 radical (unpaired) electrons. The number of H-pyrrole nitrogens is 1. The summed E-state index contributed by atoms with van der Waals surface area (Å²) < 4.78 is 5.28. The molecule has 0 aliphatic heterocycles. The van der Waals surface area contributed by atoms with Gasteiger partial charge in [-0.15, -0.1) is 0 Å². The van der Waals surface area contributed by atoms with E-state index in [-0.39, 0.29) is 18.0 Å². The maximum Gasteiger partial charge on any atom is 0.359 e. The Labute approximate surface area is 101 Å². The van der Waals surface area contributed by atoms with Crippen LogP contribution in [0.25, 0.3) is 0 Å².